The molecule has 22 heavy (non-hydrogen) atoms. The summed E-state index contributed by atoms with van der Waals surface area (Å²) in [4.78, 5) is 24.0. The third-order valence-corrected chi connectivity index (χ3v) is 3.18. The van der Waals surface area contributed by atoms with Crippen LogP contribution >= 0.6 is 22.6 Å². The van der Waals surface area contributed by atoms with Gasteiger partial charge >= 0.3 is 6.09 Å². The van der Waals surface area contributed by atoms with Crippen LogP contribution in [0.15, 0.2) is 36.4 Å². The maximum absolute atomic E-state index is 11.4. The Morgan fingerprint density at radius 2 is 1.95 bits per heavy atom. The average molecular weight is 418 g/mol. The van der Waals surface area contributed by atoms with Crippen molar-refractivity contribution in [1.29, 1.82) is 0 Å². The number of amides is 2. The number of benzene rings is 1. The lowest BCUT2D eigenvalue weighted by Crippen LogP contribution is -2.28. The van der Waals surface area contributed by atoms with Gasteiger partial charge in [-0.25, -0.2) is 4.79 Å². The van der Waals surface area contributed by atoms with Crippen molar-refractivity contribution in [3.63, 3.8) is 0 Å². The number of halogens is 1. The van der Waals surface area contributed by atoms with Gasteiger partial charge in [0.2, 0.25) is 5.91 Å². The molecule has 0 aliphatic carbocycles. The van der Waals surface area contributed by atoms with Gasteiger partial charge in [0, 0.05) is 23.7 Å². The van der Waals surface area contributed by atoms with Crippen LogP contribution in [0.3, 0.4) is 0 Å². The first-order valence-electron chi connectivity index (χ1n) is 6.66. The minimum Gasteiger partial charge on any atom is -0.492 e. The molecule has 0 unspecified atom stereocenters. The number of carbonyl (C=O) groups is 2. The van der Waals surface area contributed by atoms with Gasteiger partial charge in [0.25, 0.3) is 0 Å². The lowest BCUT2D eigenvalue weighted by Gasteiger charge is -2.08. The van der Waals surface area contributed by atoms with E-state index < -0.39 is 6.09 Å². The van der Waals surface area contributed by atoms with E-state index in [9.17, 15) is 9.59 Å². The van der Waals surface area contributed by atoms with Gasteiger partial charge in [-0.1, -0.05) is 0 Å². The fourth-order valence-electron chi connectivity index (χ4n) is 1.33. The SMILES string of the molecule is CN(C)C(=O)C=CCOC(=O)NCCOc1ccc(I)cc1. The second kappa shape index (κ2) is 10.0. The van der Waals surface area contributed by atoms with Gasteiger partial charge in [0.1, 0.15) is 19.0 Å². The predicted octanol–water partition coefficient (Wildman–Crippen LogP) is 2.04. The first kappa shape index (κ1) is 18.3. The highest BCUT2D eigenvalue weighted by Gasteiger charge is 2.01. The van der Waals surface area contributed by atoms with Gasteiger partial charge in [-0.05, 0) is 52.9 Å². The number of ether oxygens (including phenoxy) is 2. The highest BCUT2D eigenvalue weighted by atomic mass is 127. The number of hydrogen-bond acceptors (Lipinski definition) is 4. The lowest BCUT2D eigenvalue weighted by molar-refractivity contribution is -0.123. The molecule has 120 valence electrons. The second-order valence-corrected chi connectivity index (χ2v) is 5.71. The highest BCUT2D eigenvalue weighted by molar-refractivity contribution is 14.1. The summed E-state index contributed by atoms with van der Waals surface area (Å²) in [6, 6.07) is 7.62. The summed E-state index contributed by atoms with van der Waals surface area (Å²) in [5.41, 5.74) is 0. The summed E-state index contributed by atoms with van der Waals surface area (Å²) in [7, 11) is 3.29. The van der Waals surface area contributed by atoms with Gasteiger partial charge < -0.3 is 19.7 Å². The zero-order valence-corrected chi connectivity index (χ0v) is 14.7. The molecule has 0 saturated carbocycles. The summed E-state index contributed by atoms with van der Waals surface area (Å²) in [5, 5.41) is 2.56. The van der Waals surface area contributed by atoms with Crippen molar-refractivity contribution in [1.82, 2.24) is 10.2 Å². The van der Waals surface area contributed by atoms with E-state index in [1.165, 1.54) is 17.1 Å². The van der Waals surface area contributed by atoms with E-state index in [4.69, 9.17) is 9.47 Å². The number of nitrogens with zero attached hydrogens (tertiary/aromatic N) is 1. The van der Waals surface area contributed by atoms with Crippen molar-refractivity contribution in [2.24, 2.45) is 0 Å². The third-order valence-electron chi connectivity index (χ3n) is 2.47. The van der Waals surface area contributed by atoms with Crippen LogP contribution in [0.2, 0.25) is 0 Å². The molecule has 1 aromatic carbocycles. The molecule has 0 aromatic heterocycles. The number of alkyl carbamates (subject to hydrolysis) is 1. The van der Waals surface area contributed by atoms with Crippen molar-refractivity contribution >= 4 is 34.6 Å². The van der Waals surface area contributed by atoms with Crippen LogP contribution in [0.25, 0.3) is 0 Å². The molecule has 0 fully saturated rings. The number of carbonyl (C=O) groups excluding carboxylic acids is 2. The lowest BCUT2D eigenvalue weighted by atomic mass is 10.3. The number of likely N-dealkylation sites (N-methyl/N-ethyl adjacent to an activating group) is 1. The molecule has 1 rings (SSSR count). The van der Waals surface area contributed by atoms with E-state index in [-0.39, 0.29) is 12.5 Å². The molecule has 0 bridgehead atoms. The zero-order chi connectivity index (χ0) is 16.4. The second-order valence-electron chi connectivity index (χ2n) is 4.46. The Morgan fingerprint density at radius 3 is 2.59 bits per heavy atom. The molecular weight excluding hydrogens is 399 g/mol. The first-order valence-corrected chi connectivity index (χ1v) is 7.73. The van der Waals surface area contributed by atoms with Crippen LogP contribution in [0.4, 0.5) is 4.79 Å². The normalized spacial score (nSPS) is 10.3. The fraction of sp³-hybridized carbons (Fsp3) is 0.333. The van der Waals surface area contributed by atoms with E-state index in [0.717, 1.165) is 9.32 Å². The van der Waals surface area contributed by atoms with Crippen molar-refractivity contribution in [2.75, 3.05) is 33.9 Å². The van der Waals surface area contributed by atoms with Crippen LogP contribution in [0.5, 0.6) is 5.75 Å². The minimum absolute atomic E-state index is 0.0450. The summed E-state index contributed by atoms with van der Waals surface area (Å²) in [6.07, 6.45) is 2.30. The van der Waals surface area contributed by atoms with Crippen LogP contribution in [-0.2, 0) is 9.53 Å². The molecule has 0 spiro atoms. The summed E-state index contributed by atoms with van der Waals surface area (Å²) < 4.78 is 11.5. The Bertz CT molecular complexity index is 515. The molecular formula is C15H19IN2O4. The summed E-state index contributed by atoms with van der Waals surface area (Å²) >= 11 is 2.22. The third kappa shape index (κ3) is 7.87. The van der Waals surface area contributed by atoms with Gasteiger partial charge in [-0.3, -0.25) is 4.79 Å². The molecule has 0 atom stereocenters. The predicted molar refractivity (Wildman–Crippen MR) is 91.8 cm³/mol. The molecule has 0 aliphatic heterocycles. The Hall–Kier alpha value is -1.77. The molecule has 0 radical (unpaired) electrons. The molecule has 0 saturated heterocycles. The van der Waals surface area contributed by atoms with E-state index in [2.05, 4.69) is 27.9 Å². The van der Waals surface area contributed by atoms with Gasteiger partial charge in [-0.2, -0.15) is 0 Å². The number of rotatable bonds is 7. The Morgan fingerprint density at radius 1 is 1.27 bits per heavy atom. The molecule has 2 amide bonds. The van der Waals surface area contributed by atoms with Crippen molar-refractivity contribution in [3.05, 3.63) is 40.0 Å². The molecule has 1 aromatic rings. The Balaban J connectivity index is 2.11. The van der Waals surface area contributed by atoms with E-state index in [1.54, 1.807) is 14.1 Å². The van der Waals surface area contributed by atoms with E-state index >= 15 is 0 Å². The fourth-order valence-corrected chi connectivity index (χ4v) is 1.69. The topological polar surface area (TPSA) is 67.9 Å². The van der Waals surface area contributed by atoms with E-state index in [1.807, 2.05) is 24.3 Å². The first-order chi connectivity index (χ1) is 10.5. The van der Waals surface area contributed by atoms with Crippen LogP contribution in [-0.4, -0.2) is 50.8 Å². The quantitative estimate of drug-likeness (QED) is 0.418. The summed E-state index contributed by atoms with van der Waals surface area (Å²) in [5.74, 6) is 0.593. The molecule has 1 N–H and O–H groups in total. The van der Waals surface area contributed by atoms with E-state index in [0.29, 0.717) is 13.2 Å². The largest absolute Gasteiger partial charge is 0.492 e. The minimum atomic E-state index is -0.548. The molecule has 6 nitrogen and oxygen atoms in total. The smallest absolute Gasteiger partial charge is 0.407 e. The van der Waals surface area contributed by atoms with Crippen molar-refractivity contribution in [3.8, 4) is 5.75 Å². The standard InChI is InChI=1S/C15H19IN2O4/c1-18(2)14(19)4-3-10-22-15(20)17-9-11-21-13-7-5-12(16)6-8-13/h3-8H,9-11H2,1-2H3,(H,17,20). The Kier molecular flexibility index (Phi) is 8.34. The van der Waals surface area contributed by atoms with Crippen molar-refractivity contribution < 1.29 is 19.1 Å². The van der Waals surface area contributed by atoms with Crippen LogP contribution < -0.4 is 10.1 Å². The maximum Gasteiger partial charge on any atom is 0.407 e. The Labute approximate surface area is 143 Å². The van der Waals surface area contributed by atoms with Crippen molar-refractivity contribution in [2.45, 2.75) is 0 Å². The van der Waals surface area contributed by atoms with Crippen LogP contribution in [0.1, 0.15) is 0 Å². The number of nitrogens with one attached hydrogen (secondary N) is 1. The zero-order valence-electron chi connectivity index (χ0n) is 12.5. The molecule has 7 heteroatoms. The van der Waals surface area contributed by atoms with Crippen LogP contribution in [0, 0.1) is 3.57 Å². The van der Waals surface area contributed by atoms with Gasteiger partial charge in [0.05, 0.1) is 6.54 Å². The highest BCUT2D eigenvalue weighted by Crippen LogP contribution is 2.12. The average Bonchev–Trinajstić information content (AvgIpc) is 2.49. The maximum atomic E-state index is 11.4. The monoisotopic (exact) mass is 418 g/mol. The number of hydrogen-bond donors (Lipinski definition) is 1. The molecule has 0 aliphatic rings. The summed E-state index contributed by atoms with van der Waals surface area (Å²) in [6.45, 7) is 0.735. The van der Waals surface area contributed by atoms with Gasteiger partial charge in [0.15, 0.2) is 0 Å². The van der Waals surface area contributed by atoms with Gasteiger partial charge in [-0.15, -0.1) is 0 Å². The molecule has 0 heterocycles.